The molecule has 0 atom stereocenters. The molecule has 2 aromatic carbocycles. The highest BCUT2D eigenvalue weighted by Gasteiger charge is 2.18. The second-order valence-electron chi connectivity index (χ2n) is 7.26. The summed E-state index contributed by atoms with van der Waals surface area (Å²) in [4.78, 5) is 28.3. The average Bonchev–Trinajstić information content (AvgIpc) is 2.61. The van der Waals surface area contributed by atoms with Crippen molar-refractivity contribution in [2.75, 3.05) is 35.8 Å². The number of hydrogen-bond donors (Lipinski definition) is 1. The van der Waals surface area contributed by atoms with E-state index in [1.54, 1.807) is 0 Å². The van der Waals surface area contributed by atoms with Gasteiger partial charge in [-0.1, -0.05) is 32.0 Å². The van der Waals surface area contributed by atoms with Crippen LogP contribution in [0.15, 0.2) is 42.5 Å². The fourth-order valence-electron chi connectivity index (χ4n) is 2.98. The van der Waals surface area contributed by atoms with Crippen LogP contribution in [0.4, 0.5) is 17.1 Å². The molecule has 2 amide bonds. The number of rotatable bonds is 6. The molecule has 0 saturated heterocycles. The van der Waals surface area contributed by atoms with E-state index in [9.17, 15) is 9.59 Å². The SMILES string of the molecule is CC(=O)N(CC(=O)Nc1c(C)cccc1C(C)C)c1ccc(N(C)C)cc1. The molecule has 0 heterocycles. The highest BCUT2D eigenvalue weighted by atomic mass is 16.2. The Morgan fingerprint density at radius 3 is 2.11 bits per heavy atom. The molecule has 2 aromatic rings. The van der Waals surface area contributed by atoms with Gasteiger partial charge in [0, 0.05) is 38.1 Å². The average molecular weight is 367 g/mol. The summed E-state index contributed by atoms with van der Waals surface area (Å²) in [5.41, 5.74) is 4.68. The molecule has 1 N–H and O–H groups in total. The molecule has 0 fully saturated rings. The summed E-state index contributed by atoms with van der Waals surface area (Å²) in [7, 11) is 3.92. The van der Waals surface area contributed by atoms with Crippen LogP contribution in [0, 0.1) is 6.92 Å². The summed E-state index contributed by atoms with van der Waals surface area (Å²) in [5.74, 6) is -0.0857. The minimum Gasteiger partial charge on any atom is -0.378 e. The number of nitrogens with one attached hydrogen (secondary N) is 1. The Labute approximate surface area is 162 Å². The van der Waals surface area contributed by atoms with Gasteiger partial charge in [0.2, 0.25) is 11.8 Å². The molecule has 0 saturated carbocycles. The van der Waals surface area contributed by atoms with Crippen LogP contribution in [0.5, 0.6) is 0 Å². The molecule has 27 heavy (non-hydrogen) atoms. The second-order valence-corrected chi connectivity index (χ2v) is 7.26. The predicted molar refractivity (Wildman–Crippen MR) is 113 cm³/mol. The van der Waals surface area contributed by atoms with Crippen LogP contribution in [0.1, 0.15) is 37.8 Å². The Kier molecular flexibility index (Phi) is 6.61. The minimum absolute atomic E-state index is 0.0253. The first-order chi connectivity index (χ1) is 12.7. The summed E-state index contributed by atoms with van der Waals surface area (Å²) in [5, 5.41) is 3.00. The van der Waals surface area contributed by atoms with Crippen molar-refractivity contribution in [2.24, 2.45) is 0 Å². The molecule has 0 aromatic heterocycles. The van der Waals surface area contributed by atoms with Gasteiger partial charge < -0.3 is 15.1 Å². The first-order valence-corrected chi connectivity index (χ1v) is 9.15. The molecular weight excluding hydrogens is 338 g/mol. The lowest BCUT2D eigenvalue weighted by Gasteiger charge is -2.23. The quantitative estimate of drug-likeness (QED) is 0.833. The van der Waals surface area contributed by atoms with Gasteiger partial charge in [0.1, 0.15) is 6.54 Å². The zero-order valence-electron chi connectivity index (χ0n) is 17.0. The van der Waals surface area contributed by atoms with Crippen molar-refractivity contribution in [3.05, 3.63) is 53.6 Å². The van der Waals surface area contributed by atoms with E-state index >= 15 is 0 Å². The fraction of sp³-hybridized carbons (Fsp3) is 0.364. The van der Waals surface area contributed by atoms with E-state index in [0.29, 0.717) is 11.6 Å². The fourth-order valence-corrected chi connectivity index (χ4v) is 2.98. The number of carbonyl (C=O) groups is 2. The minimum atomic E-state index is -0.210. The van der Waals surface area contributed by atoms with Gasteiger partial charge in [-0.15, -0.1) is 0 Å². The summed E-state index contributed by atoms with van der Waals surface area (Å²) in [6, 6.07) is 13.6. The third-order valence-corrected chi connectivity index (χ3v) is 4.55. The van der Waals surface area contributed by atoms with Crippen LogP contribution in [-0.2, 0) is 9.59 Å². The largest absolute Gasteiger partial charge is 0.378 e. The normalized spacial score (nSPS) is 10.6. The van der Waals surface area contributed by atoms with E-state index in [-0.39, 0.29) is 18.4 Å². The van der Waals surface area contributed by atoms with Crippen molar-refractivity contribution in [1.29, 1.82) is 0 Å². The molecule has 5 heteroatoms. The van der Waals surface area contributed by atoms with Crippen LogP contribution < -0.4 is 15.1 Å². The smallest absolute Gasteiger partial charge is 0.244 e. The van der Waals surface area contributed by atoms with Gasteiger partial charge in [0.25, 0.3) is 0 Å². The van der Waals surface area contributed by atoms with Crippen molar-refractivity contribution in [1.82, 2.24) is 0 Å². The van der Waals surface area contributed by atoms with Crippen LogP contribution in [0.2, 0.25) is 0 Å². The van der Waals surface area contributed by atoms with Crippen LogP contribution in [-0.4, -0.2) is 32.5 Å². The topological polar surface area (TPSA) is 52.7 Å². The van der Waals surface area contributed by atoms with E-state index in [1.807, 2.05) is 68.4 Å². The Balaban J connectivity index is 2.20. The highest BCUT2D eigenvalue weighted by Crippen LogP contribution is 2.27. The summed E-state index contributed by atoms with van der Waals surface area (Å²) in [6.07, 6.45) is 0. The lowest BCUT2D eigenvalue weighted by molar-refractivity contribution is -0.120. The van der Waals surface area contributed by atoms with Crippen molar-refractivity contribution in [3.63, 3.8) is 0 Å². The van der Waals surface area contributed by atoms with E-state index in [0.717, 1.165) is 22.5 Å². The van der Waals surface area contributed by atoms with Gasteiger partial charge in [-0.2, -0.15) is 0 Å². The third kappa shape index (κ3) is 5.09. The number of para-hydroxylation sites is 1. The molecule has 0 aliphatic rings. The molecule has 144 valence electrons. The number of carbonyl (C=O) groups excluding carboxylic acids is 2. The van der Waals surface area contributed by atoms with Crippen LogP contribution in [0.25, 0.3) is 0 Å². The molecule has 0 spiro atoms. The molecule has 2 rings (SSSR count). The van der Waals surface area contributed by atoms with Crippen LogP contribution in [0.3, 0.4) is 0 Å². The first-order valence-electron chi connectivity index (χ1n) is 9.15. The van der Waals surface area contributed by atoms with E-state index in [4.69, 9.17) is 0 Å². The van der Waals surface area contributed by atoms with Gasteiger partial charge in [-0.05, 0) is 48.2 Å². The number of nitrogens with zero attached hydrogens (tertiary/aromatic N) is 2. The van der Waals surface area contributed by atoms with Crippen molar-refractivity contribution < 1.29 is 9.59 Å². The van der Waals surface area contributed by atoms with Gasteiger partial charge in [-0.3, -0.25) is 9.59 Å². The van der Waals surface area contributed by atoms with Gasteiger partial charge in [-0.25, -0.2) is 0 Å². The monoisotopic (exact) mass is 367 g/mol. The molecule has 0 aliphatic carbocycles. The van der Waals surface area contributed by atoms with E-state index in [2.05, 4.69) is 19.2 Å². The first kappa shape index (κ1) is 20.5. The number of anilines is 3. The maximum Gasteiger partial charge on any atom is 0.244 e. The Bertz CT molecular complexity index is 811. The van der Waals surface area contributed by atoms with Crippen molar-refractivity contribution in [3.8, 4) is 0 Å². The summed E-state index contributed by atoms with van der Waals surface area (Å²) >= 11 is 0. The predicted octanol–water partition coefficient (Wildman–Crippen LogP) is 4.18. The Morgan fingerprint density at radius 1 is 1.00 bits per heavy atom. The van der Waals surface area contributed by atoms with E-state index < -0.39 is 0 Å². The molecule has 5 nitrogen and oxygen atoms in total. The molecule has 0 radical (unpaired) electrons. The van der Waals surface area contributed by atoms with Crippen molar-refractivity contribution >= 4 is 28.9 Å². The lowest BCUT2D eigenvalue weighted by atomic mass is 9.98. The third-order valence-electron chi connectivity index (χ3n) is 4.55. The number of benzene rings is 2. The molecule has 0 bridgehead atoms. The van der Waals surface area contributed by atoms with E-state index in [1.165, 1.54) is 11.8 Å². The molecule has 0 unspecified atom stereocenters. The second kappa shape index (κ2) is 8.71. The maximum absolute atomic E-state index is 12.7. The number of hydrogen-bond acceptors (Lipinski definition) is 3. The van der Waals surface area contributed by atoms with Gasteiger partial charge in [0.05, 0.1) is 0 Å². The Hall–Kier alpha value is -2.82. The van der Waals surface area contributed by atoms with Gasteiger partial charge >= 0.3 is 0 Å². The lowest BCUT2D eigenvalue weighted by Crippen LogP contribution is -2.37. The Morgan fingerprint density at radius 2 is 1.59 bits per heavy atom. The van der Waals surface area contributed by atoms with Crippen LogP contribution >= 0.6 is 0 Å². The molecule has 0 aliphatic heterocycles. The van der Waals surface area contributed by atoms with Crippen molar-refractivity contribution in [2.45, 2.75) is 33.6 Å². The molecular formula is C22H29N3O2. The number of aryl methyl sites for hydroxylation is 1. The zero-order chi connectivity index (χ0) is 20.1. The standard InChI is InChI=1S/C22H29N3O2/c1-15(2)20-9-7-8-16(3)22(20)23-21(27)14-25(17(4)26)19-12-10-18(11-13-19)24(5)6/h7-13,15H,14H2,1-6H3,(H,23,27). The maximum atomic E-state index is 12.7. The number of amides is 2. The zero-order valence-corrected chi connectivity index (χ0v) is 17.0. The van der Waals surface area contributed by atoms with Gasteiger partial charge in [0.15, 0.2) is 0 Å². The highest BCUT2D eigenvalue weighted by molar-refractivity contribution is 6.02. The summed E-state index contributed by atoms with van der Waals surface area (Å²) in [6.45, 7) is 7.62. The summed E-state index contributed by atoms with van der Waals surface area (Å²) < 4.78 is 0.